The van der Waals surface area contributed by atoms with Crippen LogP contribution in [0, 0.1) is 24.4 Å². The monoisotopic (exact) mass is 540 g/mol. The molecule has 0 aliphatic rings. The maximum absolute atomic E-state index is 14.3. The van der Waals surface area contributed by atoms with Crippen LogP contribution in [0.25, 0.3) is 16.6 Å². The summed E-state index contributed by atoms with van der Waals surface area (Å²) in [5.74, 6) is -3.57. The lowest BCUT2D eigenvalue weighted by Gasteiger charge is -2.11. The zero-order chi connectivity index (χ0) is 27.1. The number of halogens is 3. The van der Waals surface area contributed by atoms with Crippen molar-refractivity contribution in [1.29, 1.82) is 0 Å². The highest BCUT2D eigenvalue weighted by Gasteiger charge is 2.21. The minimum absolute atomic E-state index is 0.0175. The number of ketones is 1. The van der Waals surface area contributed by atoms with Gasteiger partial charge in [-0.3, -0.25) is 4.79 Å². The van der Waals surface area contributed by atoms with E-state index in [-0.39, 0.29) is 34.4 Å². The molecule has 3 aromatic heterocycles. The van der Waals surface area contributed by atoms with Crippen molar-refractivity contribution in [3.8, 4) is 17.3 Å². The van der Waals surface area contributed by atoms with E-state index in [1.54, 1.807) is 6.92 Å². The van der Waals surface area contributed by atoms with E-state index < -0.39 is 34.2 Å². The van der Waals surface area contributed by atoms with Gasteiger partial charge in [0, 0.05) is 29.3 Å². The zero-order valence-electron chi connectivity index (χ0n) is 19.9. The molecule has 0 amide bonds. The summed E-state index contributed by atoms with van der Waals surface area (Å²) in [5, 5.41) is 4.74. The predicted octanol–water partition coefficient (Wildman–Crippen LogP) is 4.79. The van der Waals surface area contributed by atoms with Gasteiger partial charge in [0.25, 0.3) is 0 Å². The van der Waals surface area contributed by atoms with Gasteiger partial charge in [-0.1, -0.05) is 6.07 Å². The van der Waals surface area contributed by atoms with E-state index in [4.69, 9.17) is 10.5 Å². The first kappa shape index (κ1) is 25.0. The Morgan fingerprint density at radius 3 is 2.66 bits per heavy atom. The number of carbonyl (C=O) groups is 1. The third kappa shape index (κ3) is 4.59. The van der Waals surface area contributed by atoms with Crippen LogP contribution < -0.4 is 15.2 Å². The zero-order valence-corrected chi connectivity index (χ0v) is 20.7. The van der Waals surface area contributed by atoms with Crippen molar-refractivity contribution in [1.82, 2.24) is 19.7 Å². The molecule has 0 aliphatic carbocycles. The molecule has 0 bridgehead atoms. The lowest BCUT2D eigenvalue weighted by molar-refractivity contribution is 0.103. The summed E-state index contributed by atoms with van der Waals surface area (Å²) >= 11 is 0. The number of nitrogens with two attached hydrogens (primary N) is 1. The van der Waals surface area contributed by atoms with Gasteiger partial charge in [-0.15, -0.1) is 0 Å². The number of pyridine rings is 1. The Hall–Kier alpha value is -4.65. The highest BCUT2D eigenvalue weighted by atomic mass is 32.2. The number of ether oxygens (including phenoxy) is 1. The third-order valence-corrected chi connectivity index (χ3v) is 6.18. The van der Waals surface area contributed by atoms with Gasteiger partial charge in [-0.25, -0.2) is 22.7 Å². The van der Waals surface area contributed by atoms with E-state index in [2.05, 4.69) is 19.8 Å². The molecule has 13 heteroatoms. The Morgan fingerprint density at radius 1 is 1.13 bits per heavy atom. The standard InChI is InChI=1S/C25H19F3N6O3S/c1-12-6-22(37-21-5-3-4-15(26)23(21)28)30-11-20(12)34-25(29)14(10-31-34)24(35)19-8-13-7-18(33-38(2)36)16(27)9-17(13)32-19/h3-11,32-33H,29H2,1-2H3. The number of aromatic amines is 1. The molecular weight excluding hydrogens is 521 g/mol. The topological polar surface area (TPSA) is 128 Å². The molecule has 0 radical (unpaired) electrons. The number of nitrogens with one attached hydrogen (secondary N) is 2. The van der Waals surface area contributed by atoms with Crippen LogP contribution in [-0.4, -0.2) is 36.0 Å². The van der Waals surface area contributed by atoms with E-state index in [1.165, 1.54) is 59.7 Å². The fourth-order valence-corrected chi connectivity index (χ4v) is 4.32. The van der Waals surface area contributed by atoms with Gasteiger partial charge in [0.2, 0.25) is 17.5 Å². The summed E-state index contributed by atoms with van der Waals surface area (Å²) in [6, 6.07) is 9.22. The van der Waals surface area contributed by atoms with Crippen LogP contribution in [0.4, 0.5) is 24.7 Å². The van der Waals surface area contributed by atoms with E-state index in [0.717, 1.165) is 6.07 Å². The second-order valence-electron chi connectivity index (χ2n) is 8.31. The summed E-state index contributed by atoms with van der Waals surface area (Å²) in [4.78, 5) is 20.2. The number of H-pyrrole nitrogens is 1. The molecule has 0 spiro atoms. The van der Waals surface area contributed by atoms with Crippen LogP contribution in [0.15, 0.2) is 54.9 Å². The summed E-state index contributed by atoms with van der Waals surface area (Å²) in [6.07, 6.45) is 4.04. The summed E-state index contributed by atoms with van der Waals surface area (Å²) in [5.41, 5.74) is 7.90. The third-order valence-electron chi connectivity index (χ3n) is 5.67. The van der Waals surface area contributed by atoms with Crippen molar-refractivity contribution >= 4 is 39.2 Å². The van der Waals surface area contributed by atoms with Crippen molar-refractivity contribution in [2.75, 3.05) is 16.7 Å². The largest absolute Gasteiger partial charge is 0.436 e. The first-order chi connectivity index (χ1) is 18.1. The van der Waals surface area contributed by atoms with Crippen LogP contribution in [0.5, 0.6) is 11.6 Å². The minimum atomic E-state index is -1.48. The molecule has 0 fully saturated rings. The Bertz CT molecular complexity index is 1750. The number of hydrogen-bond acceptors (Lipinski definition) is 6. The number of rotatable bonds is 7. The minimum Gasteiger partial charge on any atom is -0.436 e. The summed E-state index contributed by atoms with van der Waals surface area (Å²) < 4.78 is 62.3. The maximum atomic E-state index is 14.3. The number of benzene rings is 2. The van der Waals surface area contributed by atoms with Crippen molar-refractivity contribution in [2.24, 2.45) is 0 Å². The molecule has 0 saturated heterocycles. The number of aromatic nitrogens is 4. The van der Waals surface area contributed by atoms with Crippen LogP contribution in [0.3, 0.4) is 0 Å². The van der Waals surface area contributed by atoms with Crippen LogP contribution in [0.2, 0.25) is 0 Å². The Kier molecular flexibility index (Phi) is 6.36. The molecule has 4 N–H and O–H groups in total. The molecule has 0 saturated carbocycles. The van der Waals surface area contributed by atoms with E-state index >= 15 is 0 Å². The molecular formula is C25H19F3N6O3S. The van der Waals surface area contributed by atoms with Crippen molar-refractivity contribution in [2.45, 2.75) is 6.92 Å². The lowest BCUT2D eigenvalue weighted by Crippen LogP contribution is -2.09. The highest BCUT2D eigenvalue weighted by molar-refractivity contribution is 7.85. The van der Waals surface area contributed by atoms with Gasteiger partial charge in [0.15, 0.2) is 11.6 Å². The van der Waals surface area contributed by atoms with Crippen LogP contribution >= 0.6 is 0 Å². The van der Waals surface area contributed by atoms with E-state index in [1.807, 2.05) is 0 Å². The molecule has 0 aliphatic heterocycles. The second-order valence-corrected chi connectivity index (χ2v) is 9.42. The average molecular weight is 541 g/mol. The highest BCUT2D eigenvalue weighted by Crippen LogP contribution is 2.29. The number of hydrogen-bond donors (Lipinski definition) is 3. The molecule has 5 aromatic rings. The van der Waals surface area contributed by atoms with E-state index in [9.17, 15) is 22.2 Å². The number of aryl methyl sites for hydroxylation is 1. The Balaban J connectivity index is 1.42. The van der Waals surface area contributed by atoms with Crippen LogP contribution in [-0.2, 0) is 11.0 Å². The predicted molar refractivity (Wildman–Crippen MR) is 136 cm³/mol. The summed E-state index contributed by atoms with van der Waals surface area (Å²) in [6.45, 7) is 1.70. The molecule has 194 valence electrons. The van der Waals surface area contributed by atoms with Gasteiger partial charge >= 0.3 is 0 Å². The molecule has 9 nitrogen and oxygen atoms in total. The smallest absolute Gasteiger partial charge is 0.219 e. The van der Waals surface area contributed by atoms with Crippen molar-refractivity contribution < 1.29 is 26.9 Å². The van der Waals surface area contributed by atoms with Gasteiger partial charge in [-0.05, 0) is 36.8 Å². The number of anilines is 2. The van der Waals surface area contributed by atoms with E-state index in [0.29, 0.717) is 22.2 Å². The van der Waals surface area contributed by atoms with Crippen molar-refractivity contribution in [3.05, 3.63) is 89.1 Å². The molecule has 2 aromatic carbocycles. The number of nitrogens with zero attached hydrogens (tertiary/aromatic N) is 3. The van der Waals surface area contributed by atoms with Gasteiger partial charge in [-0.2, -0.15) is 9.49 Å². The van der Waals surface area contributed by atoms with Crippen molar-refractivity contribution in [3.63, 3.8) is 0 Å². The first-order valence-electron chi connectivity index (χ1n) is 11.0. The average Bonchev–Trinajstić information content (AvgIpc) is 3.45. The summed E-state index contributed by atoms with van der Waals surface area (Å²) in [7, 11) is -1.48. The number of carbonyl (C=O) groups excluding carboxylic acids is 1. The second kappa shape index (κ2) is 9.67. The van der Waals surface area contributed by atoms with Gasteiger partial charge in [0.1, 0.15) is 22.6 Å². The SMILES string of the molecule is Cc1cc(Oc2cccc(F)c2F)ncc1-n1ncc(C(=O)c2cc3cc(NS(C)=O)c(F)cc3[nH]2)c1N. The molecule has 38 heavy (non-hydrogen) atoms. The molecule has 5 rings (SSSR count). The van der Waals surface area contributed by atoms with Crippen LogP contribution in [0.1, 0.15) is 21.6 Å². The number of fused-ring (bicyclic) bond motifs is 1. The Labute approximate surface area is 216 Å². The quantitative estimate of drug-likeness (QED) is 0.255. The van der Waals surface area contributed by atoms with Gasteiger partial charge in [0.05, 0.1) is 35.0 Å². The van der Waals surface area contributed by atoms with Gasteiger partial charge < -0.3 is 20.2 Å². The number of nitrogen functional groups attached to an aromatic ring is 1. The fraction of sp³-hybridized carbons (Fsp3) is 0.0800. The normalized spacial score (nSPS) is 12.0. The maximum Gasteiger partial charge on any atom is 0.219 e. The molecule has 1 atom stereocenters. The Morgan fingerprint density at radius 2 is 1.92 bits per heavy atom. The fourth-order valence-electron chi connectivity index (χ4n) is 3.86. The molecule has 1 unspecified atom stereocenters. The lowest BCUT2D eigenvalue weighted by atomic mass is 10.1. The first-order valence-corrected chi connectivity index (χ1v) is 12.6. The molecule has 3 heterocycles.